The van der Waals surface area contributed by atoms with E-state index < -0.39 is 39.2 Å². The topological polar surface area (TPSA) is 100.0 Å². The molecule has 0 bridgehead atoms. The number of fused-ring (bicyclic) bond motifs is 1. The molecule has 3 aromatic rings. The Morgan fingerprint density at radius 1 is 1.24 bits per heavy atom. The highest BCUT2D eigenvalue weighted by Gasteiger charge is 2.25. The van der Waals surface area contributed by atoms with Crippen molar-refractivity contribution in [3.63, 3.8) is 0 Å². The van der Waals surface area contributed by atoms with E-state index in [4.69, 9.17) is 4.42 Å². The number of aryl methyl sites for hydroxylation is 2. The van der Waals surface area contributed by atoms with Crippen molar-refractivity contribution < 1.29 is 21.6 Å². The maximum absolute atomic E-state index is 13.0. The Bertz CT molecular complexity index is 1100. The second kappa shape index (κ2) is 6.06. The lowest BCUT2D eigenvalue weighted by Gasteiger charge is -2.05. The average Bonchev–Trinajstić information content (AvgIpc) is 2.98. The highest BCUT2D eigenvalue weighted by Crippen LogP contribution is 2.23. The van der Waals surface area contributed by atoms with Gasteiger partial charge in [-0.05, 0) is 17.7 Å². The molecular formula is C14H14F2N4O4S. The largest absolute Gasteiger partial charge is 0.419 e. The summed E-state index contributed by atoms with van der Waals surface area (Å²) in [6, 6.07) is 4.55. The molecule has 11 heteroatoms. The Morgan fingerprint density at radius 3 is 2.64 bits per heavy atom. The molecule has 0 saturated carbocycles. The molecule has 0 N–H and O–H groups in total. The van der Waals surface area contributed by atoms with Gasteiger partial charge in [0.15, 0.2) is 15.4 Å². The molecule has 0 amide bonds. The van der Waals surface area contributed by atoms with Crippen LogP contribution in [0.15, 0.2) is 27.4 Å². The summed E-state index contributed by atoms with van der Waals surface area (Å²) in [5.74, 6) is -1.62. The molecule has 25 heavy (non-hydrogen) atoms. The van der Waals surface area contributed by atoms with Crippen LogP contribution in [0.2, 0.25) is 0 Å². The SMILES string of the molecule is Cn1nnc(CS(=O)(=O)Cc2ccc3c(c2)oc(=O)n3C)c1C(F)F. The lowest BCUT2D eigenvalue weighted by atomic mass is 10.2. The molecule has 2 aromatic heterocycles. The van der Waals surface area contributed by atoms with Crippen molar-refractivity contribution in [3.8, 4) is 0 Å². The highest BCUT2D eigenvalue weighted by molar-refractivity contribution is 7.89. The molecule has 0 saturated heterocycles. The number of nitrogens with zero attached hydrogens (tertiary/aromatic N) is 4. The highest BCUT2D eigenvalue weighted by atomic mass is 32.2. The van der Waals surface area contributed by atoms with Gasteiger partial charge in [0.05, 0.1) is 17.0 Å². The van der Waals surface area contributed by atoms with Crippen LogP contribution in [0, 0.1) is 0 Å². The van der Waals surface area contributed by atoms with Crippen molar-refractivity contribution in [2.45, 2.75) is 17.9 Å². The van der Waals surface area contributed by atoms with E-state index in [1.807, 2.05) is 0 Å². The van der Waals surface area contributed by atoms with Crippen molar-refractivity contribution in [1.29, 1.82) is 0 Å². The molecule has 0 spiro atoms. The lowest BCUT2D eigenvalue weighted by Crippen LogP contribution is -2.10. The third kappa shape index (κ3) is 3.31. The Kier molecular flexibility index (Phi) is 4.19. The molecule has 0 fully saturated rings. The van der Waals surface area contributed by atoms with Crippen molar-refractivity contribution in [2.24, 2.45) is 14.1 Å². The predicted molar refractivity (Wildman–Crippen MR) is 83.7 cm³/mol. The molecule has 2 heterocycles. The Labute approximate surface area is 140 Å². The number of alkyl halides is 2. The summed E-state index contributed by atoms with van der Waals surface area (Å²) in [5.41, 5.74) is 0.371. The van der Waals surface area contributed by atoms with Gasteiger partial charge in [-0.25, -0.2) is 26.7 Å². The van der Waals surface area contributed by atoms with E-state index in [-0.39, 0.29) is 11.3 Å². The third-order valence-electron chi connectivity index (χ3n) is 3.75. The summed E-state index contributed by atoms with van der Waals surface area (Å²) in [6.07, 6.45) is -2.87. The summed E-state index contributed by atoms with van der Waals surface area (Å²) < 4.78 is 57.9. The van der Waals surface area contributed by atoms with Crippen LogP contribution in [0.3, 0.4) is 0 Å². The van der Waals surface area contributed by atoms with Gasteiger partial charge < -0.3 is 4.42 Å². The number of hydrogen-bond donors (Lipinski definition) is 0. The smallest absolute Gasteiger partial charge is 0.408 e. The maximum Gasteiger partial charge on any atom is 0.419 e. The fraction of sp³-hybridized carbons (Fsp3) is 0.357. The van der Waals surface area contributed by atoms with Crippen LogP contribution in [0.25, 0.3) is 11.1 Å². The van der Waals surface area contributed by atoms with Crippen LogP contribution >= 0.6 is 0 Å². The van der Waals surface area contributed by atoms with Crippen molar-refractivity contribution in [2.75, 3.05) is 0 Å². The Morgan fingerprint density at radius 2 is 1.96 bits per heavy atom. The first-order chi connectivity index (χ1) is 11.7. The van der Waals surface area contributed by atoms with E-state index in [9.17, 15) is 22.0 Å². The normalized spacial score (nSPS) is 12.4. The van der Waals surface area contributed by atoms with Crippen LogP contribution in [-0.2, 0) is 35.4 Å². The zero-order chi connectivity index (χ0) is 18.4. The monoisotopic (exact) mass is 372 g/mol. The van der Waals surface area contributed by atoms with Gasteiger partial charge in [-0.3, -0.25) is 4.57 Å². The molecule has 0 atom stereocenters. The minimum absolute atomic E-state index is 0.257. The molecule has 0 aliphatic carbocycles. The molecule has 0 aliphatic heterocycles. The predicted octanol–water partition coefficient (Wildman–Crippen LogP) is 1.31. The van der Waals surface area contributed by atoms with Crippen LogP contribution in [-0.4, -0.2) is 28.0 Å². The van der Waals surface area contributed by atoms with E-state index in [0.29, 0.717) is 11.1 Å². The number of rotatable bonds is 5. The Hall–Kier alpha value is -2.56. The molecule has 0 aliphatic rings. The van der Waals surface area contributed by atoms with Gasteiger partial charge in [-0.2, -0.15) is 0 Å². The number of sulfone groups is 1. The van der Waals surface area contributed by atoms with Crippen LogP contribution in [0.4, 0.5) is 8.78 Å². The van der Waals surface area contributed by atoms with Gasteiger partial charge in [0.2, 0.25) is 0 Å². The van der Waals surface area contributed by atoms with Crippen LogP contribution in [0.1, 0.15) is 23.4 Å². The molecular weight excluding hydrogens is 358 g/mol. The van der Waals surface area contributed by atoms with Gasteiger partial charge >= 0.3 is 5.76 Å². The molecule has 0 radical (unpaired) electrons. The van der Waals surface area contributed by atoms with E-state index in [0.717, 1.165) is 4.68 Å². The number of hydrogen-bond acceptors (Lipinski definition) is 6. The van der Waals surface area contributed by atoms with E-state index in [1.54, 1.807) is 12.1 Å². The molecule has 0 unspecified atom stereocenters. The van der Waals surface area contributed by atoms with Gasteiger partial charge in [-0.1, -0.05) is 11.3 Å². The minimum atomic E-state index is -3.78. The molecule has 134 valence electrons. The summed E-state index contributed by atoms with van der Waals surface area (Å²) in [7, 11) is -0.972. The van der Waals surface area contributed by atoms with Crippen LogP contribution in [0.5, 0.6) is 0 Å². The number of benzene rings is 1. The first-order valence-corrected chi connectivity index (χ1v) is 8.95. The number of halogens is 2. The maximum atomic E-state index is 13.0. The molecule has 1 aromatic carbocycles. The van der Waals surface area contributed by atoms with Gasteiger partial charge in [0.1, 0.15) is 11.4 Å². The number of oxazole rings is 1. The van der Waals surface area contributed by atoms with Crippen molar-refractivity contribution in [1.82, 2.24) is 19.6 Å². The van der Waals surface area contributed by atoms with Gasteiger partial charge in [0, 0.05) is 14.1 Å². The first-order valence-electron chi connectivity index (χ1n) is 7.13. The Balaban J connectivity index is 1.88. The van der Waals surface area contributed by atoms with Crippen molar-refractivity contribution >= 4 is 20.9 Å². The summed E-state index contributed by atoms with van der Waals surface area (Å²) >= 11 is 0. The van der Waals surface area contributed by atoms with E-state index in [1.165, 1.54) is 24.7 Å². The molecule has 3 rings (SSSR count). The molecule has 8 nitrogen and oxygen atoms in total. The standard InChI is InChI=1S/C14H14F2N4O4S/c1-19-10-4-3-8(5-11(10)24-14(19)21)6-25(22,23)7-9-12(13(15)16)20(2)18-17-9/h3-5,13H,6-7H2,1-2H3. The number of aromatic nitrogens is 4. The quantitative estimate of drug-likeness (QED) is 0.670. The first kappa shape index (κ1) is 17.3. The lowest BCUT2D eigenvalue weighted by molar-refractivity contribution is 0.140. The van der Waals surface area contributed by atoms with E-state index >= 15 is 0 Å². The fourth-order valence-corrected chi connectivity index (χ4v) is 3.97. The van der Waals surface area contributed by atoms with Crippen LogP contribution < -0.4 is 5.76 Å². The second-order valence-electron chi connectivity index (χ2n) is 5.61. The third-order valence-corrected chi connectivity index (χ3v) is 5.24. The zero-order valence-electron chi connectivity index (χ0n) is 13.3. The zero-order valence-corrected chi connectivity index (χ0v) is 14.1. The minimum Gasteiger partial charge on any atom is -0.408 e. The van der Waals surface area contributed by atoms with E-state index in [2.05, 4.69) is 10.3 Å². The second-order valence-corrected chi connectivity index (χ2v) is 7.67. The fourth-order valence-electron chi connectivity index (χ4n) is 2.56. The van der Waals surface area contributed by atoms with Gasteiger partial charge in [0.25, 0.3) is 6.43 Å². The van der Waals surface area contributed by atoms with Crippen molar-refractivity contribution in [3.05, 3.63) is 45.7 Å². The summed E-state index contributed by atoms with van der Waals surface area (Å²) in [6.45, 7) is 0. The summed E-state index contributed by atoms with van der Waals surface area (Å²) in [4.78, 5) is 11.5. The van der Waals surface area contributed by atoms with Gasteiger partial charge in [-0.15, -0.1) is 5.10 Å². The average molecular weight is 372 g/mol. The summed E-state index contributed by atoms with van der Waals surface area (Å²) in [5, 5.41) is 6.97.